The van der Waals surface area contributed by atoms with Crippen molar-refractivity contribution in [2.45, 2.75) is 26.2 Å². The Kier molecular flexibility index (Phi) is 8.37. The van der Waals surface area contributed by atoms with Crippen LogP contribution in [0, 0.1) is 0 Å². The summed E-state index contributed by atoms with van der Waals surface area (Å²) in [7, 11) is -2.34. The highest BCUT2D eigenvalue weighted by Crippen LogP contribution is 2.37. The first-order chi connectivity index (χ1) is 6.41. The molecule has 0 aromatic heterocycles. The van der Waals surface area contributed by atoms with Crippen LogP contribution in [0.3, 0.4) is 0 Å². The van der Waals surface area contributed by atoms with Gasteiger partial charge in [-0.15, -0.1) is 24.8 Å². The van der Waals surface area contributed by atoms with Crippen LogP contribution in [-0.4, -0.2) is 9.79 Å². The van der Waals surface area contributed by atoms with Gasteiger partial charge in [0.15, 0.2) is 0 Å². The van der Waals surface area contributed by atoms with E-state index in [9.17, 15) is 0 Å². The Balaban J connectivity index is 0. The number of para-hydroxylation sites is 1. The summed E-state index contributed by atoms with van der Waals surface area (Å²) < 4.78 is 4.95. The van der Waals surface area contributed by atoms with Gasteiger partial charge < -0.3 is 14.3 Å². The fourth-order valence-electron chi connectivity index (χ4n) is 1.25. The van der Waals surface area contributed by atoms with Crippen molar-refractivity contribution in [3.8, 4) is 5.75 Å². The molecule has 6 heteroatoms. The largest absolute Gasteiger partial charge is 0.427 e. The third-order valence-corrected chi connectivity index (χ3v) is 2.24. The molecular weight excluding hydrogens is 270 g/mol. The number of halogens is 2. The number of benzene rings is 1. The van der Waals surface area contributed by atoms with Gasteiger partial charge >= 0.3 is 8.60 Å². The highest BCUT2D eigenvalue weighted by Gasteiger charge is 2.19. The highest BCUT2D eigenvalue weighted by molar-refractivity contribution is 7.39. The Morgan fingerprint density at radius 1 is 1.06 bits per heavy atom. The molecule has 0 bridgehead atoms. The molecule has 16 heavy (non-hydrogen) atoms. The van der Waals surface area contributed by atoms with Crippen LogP contribution in [0.5, 0.6) is 5.75 Å². The van der Waals surface area contributed by atoms with Crippen LogP contribution in [0.4, 0.5) is 0 Å². The smallest absolute Gasteiger partial charge is 0.391 e. The molecule has 0 radical (unpaired) electrons. The minimum Gasteiger partial charge on any atom is -0.427 e. The summed E-state index contributed by atoms with van der Waals surface area (Å²) >= 11 is 0. The molecule has 94 valence electrons. The van der Waals surface area contributed by atoms with Crippen molar-refractivity contribution in [2.24, 2.45) is 0 Å². The van der Waals surface area contributed by atoms with E-state index < -0.39 is 8.60 Å². The van der Waals surface area contributed by atoms with Crippen LogP contribution < -0.4 is 4.52 Å². The van der Waals surface area contributed by atoms with Gasteiger partial charge in [-0.1, -0.05) is 39.0 Å². The summed E-state index contributed by atoms with van der Waals surface area (Å²) in [6.07, 6.45) is 0. The molecule has 0 aliphatic heterocycles. The van der Waals surface area contributed by atoms with Gasteiger partial charge in [0, 0.05) is 0 Å². The first-order valence-electron chi connectivity index (χ1n) is 4.36. The monoisotopic (exact) mass is 286 g/mol. The van der Waals surface area contributed by atoms with Crippen LogP contribution in [0.1, 0.15) is 26.3 Å². The lowest BCUT2D eigenvalue weighted by Gasteiger charge is -2.22. The van der Waals surface area contributed by atoms with Crippen LogP contribution in [-0.2, 0) is 5.41 Å². The second kappa shape index (κ2) is 7.31. The van der Waals surface area contributed by atoms with Gasteiger partial charge in [0.2, 0.25) is 0 Å². The average Bonchev–Trinajstić information content (AvgIpc) is 2.01. The second-order valence-corrected chi connectivity index (χ2v) is 4.78. The van der Waals surface area contributed by atoms with Crippen LogP contribution >= 0.6 is 33.4 Å². The quantitative estimate of drug-likeness (QED) is 0.819. The molecule has 1 aromatic rings. The van der Waals surface area contributed by atoms with E-state index in [0.29, 0.717) is 5.75 Å². The van der Waals surface area contributed by atoms with E-state index in [1.165, 1.54) is 0 Å². The van der Waals surface area contributed by atoms with Crippen molar-refractivity contribution in [2.75, 3.05) is 0 Å². The van der Waals surface area contributed by atoms with Crippen LogP contribution in [0.15, 0.2) is 24.3 Å². The Hall–Kier alpha value is -0.0500. The van der Waals surface area contributed by atoms with E-state index in [1.807, 2.05) is 39.0 Å². The molecule has 0 atom stereocenters. The molecule has 0 saturated carbocycles. The molecule has 0 heterocycles. The fraction of sp³-hybridized carbons (Fsp3) is 0.400. The summed E-state index contributed by atoms with van der Waals surface area (Å²) in [5.74, 6) is 0.538. The molecule has 1 aromatic carbocycles. The Bertz CT molecular complexity index is 313. The van der Waals surface area contributed by atoms with E-state index >= 15 is 0 Å². The summed E-state index contributed by atoms with van der Waals surface area (Å²) in [4.78, 5) is 17.6. The predicted octanol–water partition coefficient (Wildman–Crippen LogP) is 3.42. The van der Waals surface area contributed by atoms with E-state index in [-0.39, 0.29) is 30.2 Å². The maximum absolute atomic E-state index is 8.79. The first kappa shape index (κ1) is 18.3. The summed E-state index contributed by atoms with van der Waals surface area (Å²) in [6.45, 7) is 6.14. The van der Waals surface area contributed by atoms with Gasteiger partial charge in [-0.05, 0) is 17.0 Å². The number of hydrogen-bond acceptors (Lipinski definition) is 3. The molecule has 0 aliphatic rings. The second-order valence-electron chi connectivity index (χ2n) is 4.09. The van der Waals surface area contributed by atoms with E-state index in [4.69, 9.17) is 14.3 Å². The average molecular weight is 287 g/mol. The van der Waals surface area contributed by atoms with Crippen molar-refractivity contribution < 1.29 is 14.3 Å². The fourth-order valence-corrected chi connectivity index (χ4v) is 1.59. The predicted molar refractivity (Wildman–Crippen MR) is 71.6 cm³/mol. The standard InChI is InChI=1S/C10H15O3P.2ClH/c1-10(2,3)8-6-4-5-7-9(8)13-14(11)12;;/h4-7,11-12H,1-3H3;2*1H. The number of hydrogen-bond donors (Lipinski definition) is 2. The Morgan fingerprint density at radius 2 is 1.56 bits per heavy atom. The third-order valence-electron chi connectivity index (χ3n) is 1.88. The molecule has 0 aliphatic carbocycles. The van der Waals surface area contributed by atoms with Gasteiger partial charge in [-0.2, -0.15) is 0 Å². The van der Waals surface area contributed by atoms with Crippen LogP contribution in [0.25, 0.3) is 0 Å². The maximum Gasteiger partial charge on any atom is 0.391 e. The zero-order valence-corrected chi connectivity index (χ0v) is 11.9. The van der Waals surface area contributed by atoms with Crippen molar-refractivity contribution in [3.05, 3.63) is 29.8 Å². The molecule has 0 fully saturated rings. The molecule has 0 amide bonds. The van der Waals surface area contributed by atoms with E-state index in [0.717, 1.165) is 5.56 Å². The lowest BCUT2D eigenvalue weighted by molar-refractivity contribution is 0.370. The van der Waals surface area contributed by atoms with Crippen molar-refractivity contribution in [1.29, 1.82) is 0 Å². The van der Waals surface area contributed by atoms with Crippen LogP contribution in [0.2, 0.25) is 0 Å². The van der Waals surface area contributed by atoms with E-state index in [1.54, 1.807) is 6.07 Å². The summed E-state index contributed by atoms with van der Waals surface area (Å²) in [6, 6.07) is 7.38. The molecule has 3 nitrogen and oxygen atoms in total. The van der Waals surface area contributed by atoms with E-state index in [2.05, 4.69) is 0 Å². The molecule has 0 unspecified atom stereocenters. The topological polar surface area (TPSA) is 49.7 Å². The highest BCUT2D eigenvalue weighted by atomic mass is 35.5. The maximum atomic E-state index is 8.79. The minimum absolute atomic E-state index is 0. The SMILES string of the molecule is CC(C)(C)c1ccccc1OP(O)O.Cl.Cl. The van der Waals surface area contributed by atoms with Gasteiger partial charge in [0.25, 0.3) is 0 Å². The zero-order chi connectivity index (χ0) is 10.8. The molecule has 0 spiro atoms. The molecule has 0 saturated heterocycles. The van der Waals surface area contributed by atoms with Gasteiger partial charge in [0.1, 0.15) is 5.75 Å². The zero-order valence-electron chi connectivity index (χ0n) is 9.38. The minimum atomic E-state index is -2.34. The molecular formula is C10H17Cl2O3P. The molecule has 1 rings (SSSR count). The van der Waals surface area contributed by atoms with Crippen molar-refractivity contribution in [3.63, 3.8) is 0 Å². The third kappa shape index (κ3) is 5.33. The Morgan fingerprint density at radius 3 is 2.00 bits per heavy atom. The lowest BCUT2D eigenvalue weighted by Crippen LogP contribution is -2.12. The molecule has 2 N–H and O–H groups in total. The van der Waals surface area contributed by atoms with Crippen molar-refractivity contribution >= 4 is 33.4 Å². The number of rotatable bonds is 2. The Labute approximate surface area is 110 Å². The normalized spacial score (nSPS) is 10.4. The van der Waals surface area contributed by atoms with Crippen molar-refractivity contribution in [1.82, 2.24) is 0 Å². The summed E-state index contributed by atoms with van der Waals surface area (Å²) in [5.41, 5.74) is 0.901. The summed E-state index contributed by atoms with van der Waals surface area (Å²) in [5, 5.41) is 0. The lowest BCUT2D eigenvalue weighted by atomic mass is 9.86. The van der Waals surface area contributed by atoms with Gasteiger partial charge in [-0.25, -0.2) is 0 Å². The van der Waals surface area contributed by atoms with Gasteiger partial charge in [-0.3, -0.25) is 0 Å². The first-order valence-corrected chi connectivity index (χ1v) is 5.53. The van der Waals surface area contributed by atoms with Gasteiger partial charge in [0.05, 0.1) is 0 Å².